The second-order valence-electron chi connectivity index (χ2n) is 4.31. The van der Waals surface area contributed by atoms with Crippen molar-refractivity contribution in [2.45, 2.75) is 12.5 Å². The van der Waals surface area contributed by atoms with Gasteiger partial charge in [0.25, 0.3) is 5.69 Å². The van der Waals surface area contributed by atoms with Gasteiger partial charge in [-0.25, -0.2) is 4.39 Å². The van der Waals surface area contributed by atoms with Crippen LogP contribution in [0.25, 0.3) is 0 Å². The van der Waals surface area contributed by atoms with E-state index in [9.17, 15) is 14.5 Å². The Morgan fingerprint density at radius 2 is 2.35 bits per heavy atom. The Hall–Kier alpha value is -1.69. The highest BCUT2D eigenvalue weighted by atomic mass is 19.1. The average molecular weight is 239 g/mol. The molecule has 1 aromatic carbocycles. The van der Waals surface area contributed by atoms with E-state index in [0.717, 1.165) is 25.6 Å². The third-order valence-corrected chi connectivity index (χ3v) is 2.91. The van der Waals surface area contributed by atoms with Gasteiger partial charge in [-0.2, -0.15) is 0 Å². The standard InChI is InChI=1S/C11H14FN3O2/c1-14-5-4-9(7-14)13-10-3-2-8(12)6-11(10)15(16)17/h2-3,6,9,13H,4-5,7H2,1H3. The van der Waals surface area contributed by atoms with Crippen LogP contribution in [0.4, 0.5) is 15.8 Å². The van der Waals surface area contributed by atoms with Crippen LogP contribution >= 0.6 is 0 Å². The first kappa shape index (κ1) is 11.8. The van der Waals surface area contributed by atoms with Crippen LogP contribution in [0.3, 0.4) is 0 Å². The Kier molecular flexibility index (Phi) is 3.23. The topological polar surface area (TPSA) is 58.4 Å². The predicted molar refractivity (Wildman–Crippen MR) is 62.6 cm³/mol. The highest BCUT2D eigenvalue weighted by Gasteiger charge is 2.22. The Morgan fingerprint density at radius 3 is 2.94 bits per heavy atom. The molecule has 1 fully saturated rings. The van der Waals surface area contributed by atoms with Crippen LogP contribution in [0.2, 0.25) is 0 Å². The first-order chi connectivity index (χ1) is 8.06. The van der Waals surface area contributed by atoms with Crippen LogP contribution in [0, 0.1) is 15.9 Å². The van der Waals surface area contributed by atoms with Crippen molar-refractivity contribution in [2.75, 3.05) is 25.5 Å². The molecule has 0 bridgehead atoms. The van der Waals surface area contributed by atoms with E-state index in [4.69, 9.17) is 0 Å². The van der Waals surface area contributed by atoms with Crippen LogP contribution in [0.1, 0.15) is 6.42 Å². The molecule has 1 N–H and O–H groups in total. The first-order valence-electron chi connectivity index (χ1n) is 5.45. The van der Waals surface area contributed by atoms with Crippen molar-refractivity contribution in [3.05, 3.63) is 34.1 Å². The minimum Gasteiger partial charge on any atom is -0.375 e. The van der Waals surface area contributed by atoms with Gasteiger partial charge in [0.05, 0.1) is 11.0 Å². The number of hydrogen-bond acceptors (Lipinski definition) is 4. The molecule has 1 saturated heterocycles. The van der Waals surface area contributed by atoms with Crippen LogP contribution in [-0.4, -0.2) is 36.0 Å². The van der Waals surface area contributed by atoms with Crippen molar-refractivity contribution < 1.29 is 9.31 Å². The van der Waals surface area contributed by atoms with Gasteiger partial charge in [-0.15, -0.1) is 0 Å². The number of rotatable bonds is 3. The number of nitro groups is 1. The molecule has 1 aromatic rings. The Morgan fingerprint density at radius 1 is 1.59 bits per heavy atom. The molecule has 0 aliphatic carbocycles. The molecule has 0 spiro atoms. The van der Waals surface area contributed by atoms with Gasteiger partial charge in [-0.3, -0.25) is 10.1 Å². The van der Waals surface area contributed by atoms with Gasteiger partial charge >= 0.3 is 0 Å². The highest BCUT2D eigenvalue weighted by molar-refractivity contribution is 5.61. The Bertz CT molecular complexity index is 439. The van der Waals surface area contributed by atoms with E-state index < -0.39 is 10.7 Å². The fourth-order valence-electron chi connectivity index (χ4n) is 2.05. The second kappa shape index (κ2) is 4.67. The summed E-state index contributed by atoms with van der Waals surface area (Å²) < 4.78 is 12.9. The van der Waals surface area contributed by atoms with E-state index in [1.165, 1.54) is 12.1 Å². The third-order valence-electron chi connectivity index (χ3n) is 2.91. The summed E-state index contributed by atoms with van der Waals surface area (Å²) in [5.41, 5.74) is 0.177. The van der Waals surface area contributed by atoms with Crippen LogP contribution in [0.15, 0.2) is 18.2 Å². The number of hydrogen-bond donors (Lipinski definition) is 1. The number of benzene rings is 1. The fraction of sp³-hybridized carbons (Fsp3) is 0.455. The maximum absolute atomic E-state index is 12.9. The van der Waals surface area contributed by atoms with E-state index in [0.29, 0.717) is 5.69 Å². The molecule has 0 radical (unpaired) electrons. The molecule has 0 saturated carbocycles. The Balaban J connectivity index is 2.17. The summed E-state index contributed by atoms with van der Waals surface area (Å²) in [7, 11) is 2.00. The number of likely N-dealkylation sites (N-methyl/N-ethyl adjacent to an activating group) is 1. The zero-order valence-electron chi connectivity index (χ0n) is 9.52. The monoisotopic (exact) mass is 239 g/mol. The van der Waals surface area contributed by atoms with Gasteiger partial charge in [0, 0.05) is 12.6 Å². The maximum Gasteiger partial charge on any atom is 0.295 e. The lowest BCUT2D eigenvalue weighted by Gasteiger charge is -2.14. The smallest absolute Gasteiger partial charge is 0.295 e. The summed E-state index contributed by atoms with van der Waals surface area (Å²) in [4.78, 5) is 12.4. The van der Waals surface area contributed by atoms with Gasteiger partial charge in [0.15, 0.2) is 0 Å². The summed E-state index contributed by atoms with van der Waals surface area (Å²) >= 11 is 0. The van der Waals surface area contributed by atoms with Crippen molar-refractivity contribution in [3.8, 4) is 0 Å². The van der Waals surface area contributed by atoms with Gasteiger partial charge in [0.1, 0.15) is 11.5 Å². The molecular weight excluding hydrogens is 225 g/mol. The molecule has 1 heterocycles. The number of nitro benzene ring substituents is 1. The van der Waals surface area contributed by atoms with Crippen molar-refractivity contribution in [2.24, 2.45) is 0 Å². The minimum atomic E-state index is -0.592. The molecular formula is C11H14FN3O2. The molecule has 5 nitrogen and oxygen atoms in total. The minimum absolute atomic E-state index is 0.184. The lowest BCUT2D eigenvalue weighted by atomic mass is 10.2. The summed E-state index contributed by atoms with van der Waals surface area (Å²) in [6, 6.07) is 3.78. The van der Waals surface area contributed by atoms with Crippen LogP contribution in [-0.2, 0) is 0 Å². The maximum atomic E-state index is 12.9. The van der Waals surface area contributed by atoms with E-state index in [2.05, 4.69) is 10.2 Å². The number of nitrogens with one attached hydrogen (secondary N) is 1. The number of anilines is 1. The summed E-state index contributed by atoms with van der Waals surface area (Å²) in [6.45, 7) is 1.81. The molecule has 0 aromatic heterocycles. The zero-order chi connectivity index (χ0) is 12.4. The normalized spacial score (nSPS) is 20.5. The SMILES string of the molecule is CN1CCC(Nc2ccc(F)cc2[N+](=O)[O-])C1. The van der Waals surface area contributed by atoms with Crippen molar-refractivity contribution in [1.82, 2.24) is 4.90 Å². The summed E-state index contributed by atoms with van der Waals surface area (Å²) in [6.07, 6.45) is 0.936. The largest absolute Gasteiger partial charge is 0.375 e. The zero-order valence-corrected chi connectivity index (χ0v) is 9.52. The molecule has 1 aliphatic rings. The highest BCUT2D eigenvalue weighted by Crippen LogP contribution is 2.26. The molecule has 1 unspecified atom stereocenters. The fourth-order valence-corrected chi connectivity index (χ4v) is 2.05. The van der Waals surface area contributed by atoms with E-state index in [-0.39, 0.29) is 11.7 Å². The van der Waals surface area contributed by atoms with E-state index in [1.54, 1.807) is 0 Å². The van der Waals surface area contributed by atoms with Crippen LogP contribution in [0.5, 0.6) is 0 Å². The molecule has 2 rings (SSSR count). The van der Waals surface area contributed by atoms with Gasteiger partial charge < -0.3 is 10.2 Å². The molecule has 92 valence electrons. The quantitative estimate of drug-likeness (QED) is 0.646. The van der Waals surface area contributed by atoms with Gasteiger partial charge in [0.2, 0.25) is 0 Å². The van der Waals surface area contributed by atoms with Gasteiger partial charge in [-0.1, -0.05) is 0 Å². The van der Waals surface area contributed by atoms with Gasteiger partial charge in [-0.05, 0) is 32.1 Å². The lowest BCUT2D eigenvalue weighted by molar-refractivity contribution is -0.384. The molecule has 0 amide bonds. The van der Waals surface area contributed by atoms with E-state index in [1.807, 2.05) is 7.05 Å². The number of likely N-dealkylation sites (tertiary alicyclic amines) is 1. The van der Waals surface area contributed by atoms with Crippen molar-refractivity contribution in [3.63, 3.8) is 0 Å². The average Bonchev–Trinajstić information content (AvgIpc) is 2.66. The van der Waals surface area contributed by atoms with Crippen molar-refractivity contribution >= 4 is 11.4 Å². The second-order valence-corrected chi connectivity index (χ2v) is 4.31. The molecule has 1 atom stereocenters. The molecule has 6 heteroatoms. The number of nitrogens with zero attached hydrogens (tertiary/aromatic N) is 2. The predicted octanol–water partition coefficient (Wildman–Crippen LogP) is 1.85. The number of halogens is 1. The lowest BCUT2D eigenvalue weighted by Crippen LogP contribution is -2.23. The van der Waals surface area contributed by atoms with E-state index >= 15 is 0 Å². The summed E-state index contributed by atoms with van der Waals surface area (Å²) in [5.74, 6) is -0.592. The van der Waals surface area contributed by atoms with Crippen molar-refractivity contribution in [1.29, 1.82) is 0 Å². The third kappa shape index (κ3) is 2.71. The van der Waals surface area contributed by atoms with Crippen LogP contribution < -0.4 is 5.32 Å². The molecule has 1 aliphatic heterocycles. The first-order valence-corrected chi connectivity index (χ1v) is 5.45. The Labute approximate surface area is 98.4 Å². The summed E-state index contributed by atoms with van der Waals surface area (Å²) in [5, 5.41) is 13.9. The molecule has 17 heavy (non-hydrogen) atoms.